The van der Waals surface area contributed by atoms with Crippen LogP contribution in [0.15, 0.2) is 52.3 Å². The number of carbonyl (C=O) groups is 2. The molecule has 1 N–H and O–H groups in total. The van der Waals surface area contributed by atoms with Crippen LogP contribution in [0, 0.1) is 11.7 Å². The van der Waals surface area contributed by atoms with Gasteiger partial charge in [-0.05, 0) is 45.8 Å². The maximum atomic E-state index is 14.2. The second-order valence-electron chi connectivity index (χ2n) is 5.98. The number of halogens is 2. The monoisotopic (exact) mass is 437 g/mol. The first-order valence-electron chi connectivity index (χ1n) is 8.05. The van der Waals surface area contributed by atoms with E-state index in [2.05, 4.69) is 21.2 Å². The van der Waals surface area contributed by atoms with Gasteiger partial charge in [0.15, 0.2) is 0 Å². The van der Waals surface area contributed by atoms with Crippen LogP contribution in [0.1, 0.15) is 27.6 Å². The number of amides is 1. The molecule has 1 heterocycles. The summed E-state index contributed by atoms with van der Waals surface area (Å²) in [6, 6.07) is 7.80. The van der Waals surface area contributed by atoms with E-state index in [1.165, 1.54) is 24.5 Å². The van der Waals surface area contributed by atoms with E-state index in [1.54, 1.807) is 18.2 Å². The molecule has 0 unspecified atom stereocenters. The Bertz CT molecular complexity index is 851. The lowest BCUT2D eigenvalue weighted by atomic mass is 9.85. The van der Waals surface area contributed by atoms with Crippen LogP contribution in [0.4, 0.5) is 4.39 Å². The smallest absolute Gasteiger partial charge is 0.313 e. The van der Waals surface area contributed by atoms with E-state index in [0.717, 1.165) is 4.47 Å². The number of benzene rings is 1. The molecule has 0 saturated carbocycles. The van der Waals surface area contributed by atoms with Gasteiger partial charge in [0.05, 0.1) is 13.0 Å². The zero-order chi connectivity index (χ0) is 18.7. The van der Waals surface area contributed by atoms with Crippen molar-refractivity contribution in [2.75, 3.05) is 7.11 Å². The maximum Gasteiger partial charge on any atom is 0.313 e. The largest absolute Gasteiger partial charge is 0.469 e. The van der Waals surface area contributed by atoms with Gasteiger partial charge in [-0.2, -0.15) is 0 Å². The molecule has 0 bridgehead atoms. The first kappa shape index (κ1) is 18.8. The minimum atomic E-state index is -0.743. The molecule has 0 spiro atoms. The summed E-state index contributed by atoms with van der Waals surface area (Å²) in [6.45, 7) is 0. The molecule has 0 saturated heterocycles. The van der Waals surface area contributed by atoms with Gasteiger partial charge in [0.1, 0.15) is 10.7 Å². The van der Waals surface area contributed by atoms with Crippen molar-refractivity contribution in [3.8, 4) is 0 Å². The second-order valence-corrected chi connectivity index (χ2v) is 7.75. The molecule has 0 aliphatic heterocycles. The average molecular weight is 438 g/mol. The number of nitrogens with one attached hydrogen (secondary N) is 1. The van der Waals surface area contributed by atoms with Gasteiger partial charge in [-0.3, -0.25) is 9.59 Å². The Balaban J connectivity index is 1.74. The zero-order valence-electron chi connectivity index (χ0n) is 13.9. The molecule has 1 amide bonds. The Hall–Kier alpha value is -1.99. The van der Waals surface area contributed by atoms with Crippen LogP contribution in [-0.4, -0.2) is 25.0 Å². The highest BCUT2D eigenvalue weighted by molar-refractivity contribution is 9.10. The highest BCUT2D eigenvalue weighted by Gasteiger charge is 2.35. The molecule has 7 heteroatoms. The van der Waals surface area contributed by atoms with Crippen LogP contribution in [0.25, 0.3) is 0 Å². The van der Waals surface area contributed by atoms with E-state index in [0.29, 0.717) is 16.9 Å². The molecule has 2 aromatic rings. The quantitative estimate of drug-likeness (QED) is 0.560. The van der Waals surface area contributed by atoms with Crippen molar-refractivity contribution >= 4 is 39.1 Å². The molecule has 4 nitrogen and oxygen atoms in total. The number of rotatable bonds is 5. The van der Waals surface area contributed by atoms with Gasteiger partial charge >= 0.3 is 5.97 Å². The van der Waals surface area contributed by atoms with Crippen molar-refractivity contribution < 1.29 is 18.7 Å². The van der Waals surface area contributed by atoms with E-state index in [9.17, 15) is 14.0 Å². The fourth-order valence-electron chi connectivity index (χ4n) is 3.16. The molecular formula is C19H17BrFNO3S. The van der Waals surface area contributed by atoms with Crippen LogP contribution in [0.2, 0.25) is 0 Å². The van der Waals surface area contributed by atoms with Crippen LogP contribution >= 0.6 is 27.3 Å². The summed E-state index contributed by atoms with van der Waals surface area (Å²) in [4.78, 5) is 25.3. The van der Waals surface area contributed by atoms with Gasteiger partial charge in [0.25, 0.3) is 5.91 Å². The molecule has 1 aromatic carbocycles. The first-order chi connectivity index (χ1) is 12.5. The normalized spacial score (nSPS) is 20.0. The summed E-state index contributed by atoms with van der Waals surface area (Å²) in [7, 11) is 1.29. The zero-order valence-corrected chi connectivity index (χ0v) is 16.3. The number of methoxy groups -OCH3 is 1. The van der Waals surface area contributed by atoms with Crippen LogP contribution in [0.5, 0.6) is 0 Å². The summed E-state index contributed by atoms with van der Waals surface area (Å²) in [5.41, 5.74) is 0.307. The van der Waals surface area contributed by atoms with Crippen molar-refractivity contribution in [1.29, 1.82) is 0 Å². The number of allylic oxidation sites excluding steroid dienone is 1. The lowest BCUT2D eigenvalue weighted by molar-refractivity contribution is -0.143. The van der Waals surface area contributed by atoms with E-state index in [1.807, 2.05) is 23.6 Å². The molecule has 1 aliphatic rings. The Morgan fingerprint density at radius 3 is 2.73 bits per heavy atom. The number of hydrogen-bond donors (Lipinski definition) is 1. The third kappa shape index (κ3) is 3.88. The minimum absolute atomic E-state index is 0.178. The summed E-state index contributed by atoms with van der Waals surface area (Å²) in [6.07, 6.45) is 4.20. The number of esters is 1. The number of carbonyl (C=O) groups excluding carboxylic acids is 2. The molecule has 0 radical (unpaired) electrons. The van der Waals surface area contributed by atoms with E-state index in [-0.39, 0.29) is 17.9 Å². The Morgan fingerprint density at radius 1 is 1.31 bits per heavy atom. The van der Waals surface area contributed by atoms with E-state index >= 15 is 0 Å². The second kappa shape index (κ2) is 8.14. The Kier molecular flexibility index (Phi) is 5.88. The van der Waals surface area contributed by atoms with Crippen molar-refractivity contribution in [2.45, 2.75) is 18.4 Å². The third-order valence-corrected chi connectivity index (χ3v) is 6.22. The van der Waals surface area contributed by atoms with Crippen molar-refractivity contribution in [3.05, 3.63) is 68.6 Å². The summed E-state index contributed by atoms with van der Waals surface area (Å²) >= 11 is 4.70. The molecular weight excluding hydrogens is 421 g/mol. The van der Waals surface area contributed by atoms with E-state index in [4.69, 9.17) is 4.74 Å². The maximum absolute atomic E-state index is 14.2. The minimum Gasteiger partial charge on any atom is -0.469 e. The Labute approximate surface area is 163 Å². The van der Waals surface area contributed by atoms with Crippen LogP contribution < -0.4 is 5.32 Å². The molecule has 0 fully saturated rings. The van der Waals surface area contributed by atoms with Crippen molar-refractivity contribution in [3.63, 3.8) is 0 Å². The highest BCUT2D eigenvalue weighted by atomic mass is 79.9. The molecule has 1 aromatic heterocycles. The molecule has 26 heavy (non-hydrogen) atoms. The van der Waals surface area contributed by atoms with Gasteiger partial charge in [-0.15, -0.1) is 11.3 Å². The first-order valence-corrected chi connectivity index (χ1v) is 9.73. The number of ether oxygens (including phenoxy) is 1. The molecule has 3 atom stereocenters. The molecule has 136 valence electrons. The lowest BCUT2D eigenvalue weighted by Gasteiger charge is -2.22. The molecule has 1 aliphatic carbocycles. The summed E-state index contributed by atoms with van der Waals surface area (Å²) in [5, 5.41) is 4.77. The SMILES string of the molecule is COC(=O)[C@H](c1ccccc1F)[C@@H]1C=C[C@H](NC(=O)c2sccc2Br)C1. The predicted octanol–water partition coefficient (Wildman–Crippen LogP) is 4.28. The topological polar surface area (TPSA) is 55.4 Å². The summed E-state index contributed by atoms with van der Waals surface area (Å²) < 4.78 is 19.9. The van der Waals surface area contributed by atoms with Gasteiger partial charge in [-0.1, -0.05) is 30.4 Å². The van der Waals surface area contributed by atoms with Crippen LogP contribution in [-0.2, 0) is 9.53 Å². The van der Waals surface area contributed by atoms with Crippen LogP contribution in [0.3, 0.4) is 0 Å². The van der Waals surface area contributed by atoms with E-state index < -0.39 is 17.7 Å². The van der Waals surface area contributed by atoms with Gasteiger partial charge in [0.2, 0.25) is 0 Å². The van der Waals surface area contributed by atoms with Crippen molar-refractivity contribution in [1.82, 2.24) is 5.32 Å². The lowest BCUT2D eigenvalue weighted by Crippen LogP contribution is -2.33. The van der Waals surface area contributed by atoms with Gasteiger partial charge in [-0.25, -0.2) is 4.39 Å². The fraction of sp³-hybridized carbons (Fsp3) is 0.263. The molecule has 3 rings (SSSR count). The number of thiophene rings is 1. The third-order valence-electron chi connectivity index (χ3n) is 4.38. The number of hydrogen-bond acceptors (Lipinski definition) is 4. The van der Waals surface area contributed by atoms with Gasteiger partial charge in [0, 0.05) is 16.1 Å². The fourth-order valence-corrected chi connectivity index (χ4v) is 4.61. The highest BCUT2D eigenvalue weighted by Crippen LogP contribution is 2.35. The standard InChI is InChI=1S/C19H17BrFNO3S/c1-25-19(24)16(13-4-2-3-5-15(13)21)11-6-7-12(10-11)22-18(23)17-14(20)8-9-26-17/h2-9,11-12,16H,10H2,1H3,(H,22,23)/t11-,12+,16+/m1/s1. The average Bonchev–Trinajstić information content (AvgIpc) is 3.25. The Morgan fingerprint density at radius 2 is 2.08 bits per heavy atom. The predicted molar refractivity (Wildman–Crippen MR) is 102 cm³/mol. The van der Waals surface area contributed by atoms with Gasteiger partial charge < -0.3 is 10.1 Å². The summed E-state index contributed by atoms with van der Waals surface area (Å²) in [5.74, 6) is -2.10. The van der Waals surface area contributed by atoms with Crippen molar-refractivity contribution in [2.24, 2.45) is 5.92 Å².